The molecule has 13 heavy (non-hydrogen) atoms. The van der Waals surface area contributed by atoms with Crippen molar-refractivity contribution in [2.75, 3.05) is 0 Å². The van der Waals surface area contributed by atoms with Crippen LogP contribution in [0.25, 0.3) is 6.08 Å². The molecule has 1 aliphatic rings. The van der Waals surface area contributed by atoms with Crippen molar-refractivity contribution >= 4 is 29.1 Å². The molecular formula is C9H7NO2S. The molecule has 1 aromatic rings. The van der Waals surface area contributed by atoms with Gasteiger partial charge >= 0.3 is 5.97 Å². The molecule has 0 saturated carbocycles. The first-order valence-corrected chi connectivity index (χ1v) is 4.72. The Morgan fingerprint density at radius 1 is 1.62 bits per heavy atom. The predicted molar refractivity (Wildman–Crippen MR) is 51.5 cm³/mol. The van der Waals surface area contributed by atoms with Crippen LogP contribution in [0.3, 0.4) is 0 Å². The van der Waals surface area contributed by atoms with Crippen LogP contribution in [0.5, 0.6) is 0 Å². The first kappa shape index (κ1) is 8.19. The molecule has 0 N–H and O–H groups in total. The Kier molecular flexibility index (Phi) is 1.98. The Balaban J connectivity index is 2.35. The third-order valence-electron chi connectivity index (χ3n) is 1.73. The van der Waals surface area contributed by atoms with Crippen molar-refractivity contribution in [3.05, 3.63) is 28.0 Å². The van der Waals surface area contributed by atoms with Crippen molar-refractivity contribution in [1.82, 2.24) is 0 Å². The van der Waals surface area contributed by atoms with Crippen LogP contribution in [-0.4, -0.2) is 11.7 Å². The summed E-state index contributed by atoms with van der Waals surface area (Å²) in [5, 5.41) is 7.50. The van der Waals surface area contributed by atoms with Gasteiger partial charge in [0.05, 0.1) is 11.3 Å². The molecule has 0 radical (unpaired) electrons. The largest absolute Gasteiger partial charge is 0.367 e. The average Bonchev–Trinajstić information content (AvgIpc) is 2.70. The second kappa shape index (κ2) is 3.14. The van der Waals surface area contributed by atoms with E-state index in [2.05, 4.69) is 9.99 Å². The highest BCUT2D eigenvalue weighted by atomic mass is 32.1. The second-order valence-electron chi connectivity index (χ2n) is 2.67. The van der Waals surface area contributed by atoms with Gasteiger partial charge in [0.15, 0.2) is 0 Å². The van der Waals surface area contributed by atoms with Gasteiger partial charge in [-0.25, -0.2) is 4.79 Å². The molecule has 3 nitrogen and oxygen atoms in total. The number of oxime groups is 1. The van der Waals surface area contributed by atoms with Crippen LogP contribution < -0.4 is 0 Å². The van der Waals surface area contributed by atoms with Crippen molar-refractivity contribution in [2.24, 2.45) is 5.16 Å². The topological polar surface area (TPSA) is 38.7 Å². The van der Waals surface area contributed by atoms with E-state index >= 15 is 0 Å². The minimum absolute atomic E-state index is 0.372. The van der Waals surface area contributed by atoms with Crippen LogP contribution in [0.15, 0.2) is 27.6 Å². The van der Waals surface area contributed by atoms with Gasteiger partial charge in [-0.15, -0.1) is 0 Å². The number of carbonyl (C=O) groups excluding carboxylic acids is 1. The zero-order valence-corrected chi connectivity index (χ0v) is 7.80. The Morgan fingerprint density at radius 3 is 3.00 bits per heavy atom. The first-order chi connectivity index (χ1) is 6.27. The smallest absolute Gasteiger partial charge is 0.312 e. The number of nitrogens with zero attached hydrogens (tertiary/aromatic N) is 1. The fourth-order valence-electron chi connectivity index (χ4n) is 1.04. The van der Waals surface area contributed by atoms with Gasteiger partial charge in [-0.3, -0.25) is 0 Å². The van der Waals surface area contributed by atoms with Crippen LogP contribution >= 0.6 is 11.3 Å². The summed E-state index contributed by atoms with van der Waals surface area (Å²) in [6.07, 6.45) is 1.78. The molecule has 1 aliphatic heterocycles. The summed E-state index contributed by atoms with van der Waals surface area (Å²) in [7, 11) is 0. The molecule has 0 atom stereocenters. The van der Waals surface area contributed by atoms with Gasteiger partial charge in [-0.05, 0) is 35.4 Å². The molecule has 0 aliphatic carbocycles. The third-order valence-corrected chi connectivity index (χ3v) is 2.43. The summed E-state index contributed by atoms with van der Waals surface area (Å²) in [6, 6.07) is 1.94. The third kappa shape index (κ3) is 1.53. The van der Waals surface area contributed by atoms with E-state index in [1.54, 1.807) is 24.3 Å². The molecule has 0 unspecified atom stereocenters. The first-order valence-electron chi connectivity index (χ1n) is 3.77. The summed E-state index contributed by atoms with van der Waals surface area (Å²) >= 11 is 1.59. The Morgan fingerprint density at radius 2 is 2.46 bits per heavy atom. The molecule has 66 valence electrons. The van der Waals surface area contributed by atoms with Crippen molar-refractivity contribution in [3.8, 4) is 0 Å². The normalized spacial score (nSPS) is 19.0. The van der Waals surface area contributed by atoms with Gasteiger partial charge < -0.3 is 4.84 Å². The summed E-state index contributed by atoms with van der Waals surface area (Å²) in [4.78, 5) is 15.6. The molecule has 0 saturated heterocycles. The zero-order valence-electron chi connectivity index (χ0n) is 6.98. The van der Waals surface area contributed by atoms with E-state index in [1.165, 1.54) is 0 Å². The lowest BCUT2D eigenvalue weighted by Crippen LogP contribution is -2.01. The zero-order chi connectivity index (χ0) is 9.26. The molecule has 1 aromatic heterocycles. The van der Waals surface area contributed by atoms with Crippen molar-refractivity contribution in [2.45, 2.75) is 6.92 Å². The van der Waals surface area contributed by atoms with Crippen LogP contribution in [-0.2, 0) is 9.63 Å². The lowest BCUT2D eigenvalue weighted by molar-refractivity contribution is -0.136. The molecule has 2 heterocycles. The summed E-state index contributed by atoms with van der Waals surface area (Å²) in [5.74, 6) is -0.372. The van der Waals surface area contributed by atoms with Crippen molar-refractivity contribution in [3.63, 3.8) is 0 Å². The highest BCUT2D eigenvalue weighted by Gasteiger charge is 2.21. The molecule has 0 fully saturated rings. The van der Waals surface area contributed by atoms with Gasteiger partial charge in [0.2, 0.25) is 0 Å². The SMILES string of the molecule is CC1=NOC(=O)/C1=C\c1ccsc1. The van der Waals surface area contributed by atoms with Gasteiger partial charge in [-0.1, -0.05) is 5.16 Å². The Bertz CT molecular complexity index is 390. The summed E-state index contributed by atoms with van der Waals surface area (Å²) in [5.41, 5.74) is 2.18. The van der Waals surface area contributed by atoms with Gasteiger partial charge in [0, 0.05) is 0 Å². The average molecular weight is 193 g/mol. The summed E-state index contributed by atoms with van der Waals surface area (Å²) < 4.78 is 0. The Hall–Kier alpha value is -1.42. The van der Waals surface area contributed by atoms with Crippen LogP contribution in [0.2, 0.25) is 0 Å². The van der Waals surface area contributed by atoms with Crippen molar-refractivity contribution < 1.29 is 9.63 Å². The minimum atomic E-state index is -0.372. The maximum Gasteiger partial charge on any atom is 0.367 e. The van der Waals surface area contributed by atoms with E-state index in [1.807, 2.05) is 16.8 Å². The highest BCUT2D eigenvalue weighted by Crippen LogP contribution is 2.16. The van der Waals surface area contributed by atoms with Crippen LogP contribution in [0, 0.1) is 0 Å². The summed E-state index contributed by atoms with van der Waals surface area (Å²) in [6.45, 7) is 1.75. The van der Waals surface area contributed by atoms with Crippen LogP contribution in [0.1, 0.15) is 12.5 Å². The lowest BCUT2D eigenvalue weighted by Gasteiger charge is -1.90. The molecule has 0 bridgehead atoms. The van der Waals surface area contributed by atoms with Gasteiger partial charge in [0.1, 0.15) is 0 Å². The number of thiophene rings is 1. The molecule has 4 heteroatoms. The monoisotopic (exact) mass is 193 g/mol. The predicted octanol–water partition coefficient (Wildman–Crippen LogP) is 2.06. The lowest BCUT2D eigenvalue weighted by atomic mass is 10.1. The standard InChI is InChI=1S/C9H7NO2S/c1-6-8(9(11)12-10-6)4-7-2-3-13-5-7/h2-5H,1H3/b8-4-. The van der Waals surface area contributed by atoms with E-state index in [-0.39, 0.29) is 5.97 Å². The quantitative estimate of drug-likeness (QED) is 0.506. The minimum Gasteiger partial charge on any atom is -0.312 e. The molecule has 0 spiro atoms. The molecule has 0 aromatic carbocycles. The molecular weight excluding hydrogens is 186 g/mol. The van der Waals surface area contributed by atoms with E-state index in [0.717, 1.165) is 5.56 Å². The fourth-order valence-corrected chi connectivity index (χ4v) is 1.66. The highest BCUT2D eigenvalue weighted by molar-refractivity contribution is 7.08. The van der Waals surface area contributed by atoms with E-state index in [0.29, 0.717) is 11.3 Å². The fraction of sp³-hybridized carbons (Fsp3) is 0.111. The van der Waals surface area contributed by atoms with E-state index in [9.17, 15) is 4.79 Å². The van der Waals surface area contributed by atoms with E-state index < -0.39 is 0 Å². The van der Waals surface area contributed by atoms with Crippen molar-refractivity contribution in [1.29, 1.82) is 0 Å². The second-order valence-corrected chi connectivity index (χ2v) is 3.45. The van der Waals surface area contributed by atoms with E-state index in [4.69, 9.17) is 0 Å². The number of carbonyl (C=O) groups is 1. The maximum atomic E-state index is 11.1. The van der Waals surface area contributed by atoms with Gasteiger partial charge in [-0.2, -0.15) is 11.3 Å². The molecule has 2 rings (SSSR count). The number of hydrogen-bond donors (Lipinski definition) is 0. The number of rotatable bonds is 1. The Labute approximate surface area is 79.3 Å². The maximum absolute atomic E-state index is 11.1. The molecule has 0 amide bonds. The van der Waals surface area contributed by atoms with Gasteiger partial charge in [0.25, 0.3) is 0 Å². The number of hydrogen-bond acceptors (Lipinski definition) is 4. The van der Waals surface area contributed by atoms with Crippen LogP contribution in [0.4, 0.5) is 0 Å².